The Bertz CT molecular complexity index is 440. The third kappa shape index (κ3) is 1.62. The molecule has 0 atom stereocenters. The molecule has 2 rings (SSSR count). The van der Waals surface area contributed by atoms with E-state index < -0.39 is 0 Å². The Kier molecular flexibility index (Phi) is 2.23. The van der Waals surface area contributed by atoms with Gasteiger partial charge in [0, 0.05) is 11.8 Å². The zero-order chi connectivity index (χ0) is 9.97. The maximum absolute atomic E-state index is 13.0. The second kappa shape index (κ2) is 3.54. The minimum Gasteiger partial charge on any atom is -0.207 e. The average molecular weight is 188 g/mol. The first-order valence-electron chi connectivity index (χ1n) is 4.31. The summed E-state index contributed by atoms with van der Waals surface area (Å²) >= 11 is 0. The quantitative estimate of drug-likeness (QED) is 0.687. The van der Waals surface area contributed by atoms with Crippen LogP contribution in [0.3, 0.4) is 0 Å². The smallest absolute Gasteiger partial charge is 0.126 e. The Morgan fingerprint density at radius 3 is 2.71 bits per heavy atom. The van der Waals surface area contributed by atoms with E-state index in [0.29, 0.717) is 5.56 Å². The predicted octanol–water partition coefficient (Wildman–Crippen LogP) is 2.59. The highest BCUT2D eigenvalue weighted by Gasteiger charge is 2.01. The van der Waals surface area contributed by atoms with Gasteiger partial charge in [0.1, 0.15) is 5.82 Å². The molecule has 0 spiro atoms. The monoisotopic (exact) mass is 188 g/mol. The number of aryl methyl sites for hydroxylation is 1. The fourth-order valence-electron chi connectivity index (χ4n) is 1.26. The van der Waals surface area contributed by atoms with E-state index >= 15 is 0 Å². The van der Waals surface area contributed by atoms with Crippen molar-refractivity contribution in [3.8, 4) is 11.3 Å². The highest BCUT2D eigenvalue weighted by atomic mass is 19.1. The van der Waals surface area contributed by atoms with Gasteiger partial charge in [0.15, 0.2) is 0 Å². The van der Waals surface area contributed by atoms with Crippen LogP contribution >= 0.6 is 0 Å². The van der Waals surface area contributed by atoms with Gasteiger partial charge in [0.25, 0.3) is 0 Å². The third-order valence-corrected chi connectivity index (χ3v) is 2.03. The van der Waals surface area contributed by atoms with Crippen molar-refractivity contribution in [1.82, 2.24) is 10.2 Å². The van der Waals surface area contributed by atoms with Crippen LogP contribution in [0.25, 0.3) is 11.3 Å². The van der Waals surface area contributed by atoms with E-state index in [0.717, 1.165) is 11.3 Å². The fourth-order valence-corrected chi connectivity index (χ4v) is 1.26. The van der Waals surface area contributed by atoms with Crippen molar-refractivity contribution in [3.05, 3.63) is 47.9 Å². The molecule has 0 unspecified atom stereocenters. The molecule has 0 saturated carbocycles. The van der Waals surface area contributed by atoms with Gasteiger partial charge in [-0.05, 0) is 42.8 Å². The number of halogens is 1. The number of hydrogen-bond donors (Lipinski definition) is 0. The van der Waals surface area contributed by atoms with Gasteiger partial charge >= 0.3 is 0 Å². The molecule has 1 heterocycles. The van der Waals surface area contributed by atoms with Crippen molar-refractivity contribution in [1.29, 1.82) is 0 Å². The van der Waals surface area contributed by atoms with Gasteiger partial charge in [0.05, 0.1) is 5.69 Å². The molecule has 1 aromatic heterocycles. The molecule has 0 radical (unpaired) electrons. The second-order valence-corrected chi connectivity index (χ2v) is 3.07. The van der Waals surface area contributed by atoms with Gasteiger partial charge in [-0.15, -0.1) is 0 Å². The van der Waals surface area contributed by atoms with Crippen molar-refractivity contribution in [2.75, 3.05) is 0 Å². The molecule has 0 aliphatic heterocycles. The molecule has 0 amide bonds. The first kappa shape index (κ1) is 8.81. The van der Waals surface area contributed by atoms with Gasteiger partial charge in [-0.2, -0.15) is 10.2 Å². The van der Waals surface area contributed by atoms with Gasteiger partial charge in [-0.3, -0.25) is 0 Å². The van der Waals surface area contributed by atoms with Crippen LogP contribution in [-0.4, -0.2) is 10.2 Å². The number of benzene rings is 1. The van der Waals surface area contributed by atoms with Crippen LogP contribution in [0.4, 0.5) is 4.39 Å². The molecule has 0 bridgehead atoms. The molecule has 0 aliphatic rings. The van der Waals surface area contributed by atoms with Crippen LogP contribution < -0.4 is 0 Å². The van der Waals surface area contributed by atoms with Crippen molar-refractivity contribution in [2.45, 2.75) is 6.92 Å². The van der Waals surface area contributed by atoms with Crippen LogP contribution in [0, 0.1) is 12.7 Å². The first-order chi connectivity index (χ1) is 6.77. The number of hydrogen-bond acceptors (Lipinski definition) is 2. The molecule has 2 nitrogen and oxygen atoms in total. The van der Waals surface area contributed by atoms with Crippen LogP contribution in [0.15, 0.2) is 36.5 Å². The summed E-state index contributed by atoms with van der Waals surface area (Å²) in [5.74, 6) is -0.197. The Labute approximate surface area is 81.4 Å². The number of aromatic nitrogens is 2. The van der Waals surface area contributed by atoms with Crippen molar-refractivity contribution < 1.29 is 4.39 Å². The van der Waals surface area contributed by atoms with Crippen LogP contribution in [0.2, 0.25) is 0 Å². The Morgan fingerprint density at radius 1 is 1.21 bits per heavy atom. The van der Waals surface area contributed by atoms with Gasteiger partial charge in [-0.1, -0.05) is 0 Å². The maximum Gasteiger partial charge on any atom is 0.126 e. The highest BCUT2D eigenvalue weighted by molar-refractivity contribution is 5.59. The third-order valence-electron chi connectivity index (χ3n) is 2.03. The van der Waals surface area contributed by atoms with Crippen molar-refractivity contribution >= 4 is 0 Å². The van der Waals surface area contributed by atoms with Gasteiger partial charge in [-0.25, -0.2) is 4.39 Å². The SMILES string of the molecule is Cc1cc(-c2cccnn2)ccc1F. The minimum absolute atomic E-state index is 0.197. The van der Waals surface area contributed by atoms with Crippen molar-refractivity contribution in [3.63, 3.8) is 0 Å². The molecule has 70 valence electrons. The normalized spacial score (nSPS) is 10.1. The van der Waals surface area contributed by atoms with Crippen LogP contribution in [0.5, 0.6) is 0 Å². The van der Waals surface area contributed by atoms with E-state index in [4.69, 9.17) is 0 Å². The first-order valence-corrected chi connectivity index (χ1v) is 4.31. The summed E-state index contributed by atoms with van der Waals surface area (Å²) in [6, 6.07) is 8.56. The molecule has 0 fully saturated rings. The van der Waals surface area contributed by atoms with Gasteiger partial charge in [0.2, 0.25) is 0 Å². The number of rotatable bonds is 1. The summed E-state index contributed by atoms with van der Waals surface area (Å²) in [5, 5.41) is 7.72. The summed E-state index contributed by atoms with van der Waals surface area (Å²) < 4.78 is 13.0. The standard InChI is InChI=1S/C11H9FN2/c1-8-7-9(4-5-10(8)12)11-3-2-6-13-14-11/h2-7H,1H3. The number of nitrogens with zero attached hydrogens (tertiary/aromatic N) is 2. The summed E-state index contributed by atoms with van der Waals surface area (Å²) in [7, 11) is 0. The lowest BCUT2D eigenvalue weighted by atomic mass is 10.1. The highest BCUT2D eigenvalue weighted by Crippen LogP contribution is 2.18. The van der Waals surface area contributed by atoms with Crippen molar-refractivity contribution in [2.24, 2.45) is 0 Å². The molecule has 3 heteroatoms. The predicted molar refractivity (Wildman–Crippen MR) is 52.2 cm³/mol. The molecular formula is C11H9FN2. The Balaban J connectivity index is 2.48. The molecular weight excluding hydrogens is 179 g/mol. The van der Waals surface area contributed by atoms with Crippen LogP contribution in [0.1, 0.15) is 5.56 Å². The molecule has 0 aliphatic carbocycles. The average Bonchev–Trinajstić information content (AvgIpc) is 2.23. The van der Waals surface area contributed by atoms with E-state index in [2.05, 4.69) is 10.2 Å². The maximum atomic E-state index is 13.0. The van der Waals surface area contributed by atoms with E-state index in [1.54, 1.807) is 31.3 Å². The molecule has 14 heavy (non-hydrogen) atoms. The van der Waals surface area contributed by atoms with E-state index in [1.165, 1.54) is 6.07 Å². The van der Waals surface area contributed by atoms with E-state index in [9.17, 15) is 4.39 Å². The van der Waals surface area contributed by atoms with Gasteiger partial charge < -0.3 is 0 Å². The lowest BCUT2D eigenvalue weighted by molar-refractivity contribution is 0.618. The topological polar surface area (TPSA) is 25.8 Å². The fraction of sp³-hybridized carbons (Fsp3) is 0.0909. The Hall–Kier alpha value is -1.77. The zero-order valence-electron chi connectivity index (χ0n) is 7.74. The van der Waals surface area contributed by atoms with E-state index in [-0.39, 0.29) is 5.82 Å². The lowest BCUT2D eigenvalue weighted by Gasteiger charge is -2.01. The summed E-state index contributed by atoms with van der Waals surface area (Å²) in [5.41, 5.74) is 2.26. The van der Waals surface area contributed by atoms with Crippen LogP contribution in [-0.2, 0) is 0 Å². The zero-order valence-corrected chi connectivity index (χ0v) is 7.74. The molecule has 0 saturated heterocycles. The molecule has 0 N–H and O–H groups in total. The lowest BCUT2D eigenvalue weighted by Crippen LogP contribution is -1.88. The molecule has 1 aromatic carbocycles. The summed E-state index contributed by atoms with van der Waals surface area (Å²) in [6.07, 6.45) is 1.61. The Morgan fingerprint density at radius 2 is 2.07 bits per heavy atom. The second-order valence-electron chi connectivity index (χ2n) is 3.07. The molecule has 2 aromatic rings. The van der Waals surface area contributed by atoms with E-state index in [1.807, 2.05) is 6.07 Å². The summed E-state index contributed by atoms with van der Waals surface area (Å²) in [6.45, 7) is 1.73. The largest absolute Gasteiger partial charge is 0.207 e. The summed E-state index contributed by atoms with van der Waals surface area (Å²) in [4.78, 5) is 0. The minimum atomic E-state index is -0.197.